The van der Waals surface area contributed by atoms with Crippen LogP contribution >= 0.6 is 23.2 Å². The van der Waals surface area contributed by atoms with Crippen LogP contribution in [-0.4, -0.2) is 6.54 Å². The number of hydrogen-bond donors (Lipinski definition) is 1. The molecule has 0 saturated heterocycles. The summed E-state index contributed by atoms with van der Waals surface area (Å²) in [5.74, 6) is 1.85. The van der Waals surface area contributed by atoms with Crippen molar-refractivity contribution in [2.45, 2.75) is 32.7 Å². The fourth-order valence-electron chi connectivity index (χ4n) is 2.14. The second kappa shape index (κ2) is 7.16. The molecule has 2 nitrogen and oxygen atoms in total. The monoisotopic (exact) mass is 311 g/mol. The standard InChI is InChI=1S/C16H19Cl2NO/c1-3-10-19-16(14-9-8-11(4-2)20-14)12-6-5-7-13(17)15(12)18/h5-9,16,19H,3-4,10H2,1-2H3. The smallest absolute Gasteiger partial charge is 0.125 e. The van der Waals surface area contributed by atoms with E-state index in [4.69, 9.17) is 27.6 Å². The van der Waals surface area contributed by atoms with E-state index in [1.807, 2.05) is 24.3 Å². The first-order chi connectivity index (χ1) is 9.67. The first kappa shape index (κ1) is 15.4. The number of hydrogen-bond acceptors (Lipinski definition) is 2. The van der Waals surface area contributed by atoms with Crippen molar-refractivity contribution >= 4 is 23.2 Å². The Balaban J connectivity index is 2.38. The molecule has 1 unspecified atom stereocenters. The molecule has 0 radical (unpaired) electrons. The van der Waals surface area contributed by atoms with Crippen molar-refractivity contribution in [1.82, 2.24) is 5.32 Å². The van der Waals surface area contributed by atoms with Gasteiger partial charge in [-0.15, -0.1) is 0 Å². The number of halogens is 2. The molecule has 0 bridgehead atoms. The zero-order valence-electron chi connectivity index (χ0n) is 11.7. The summed E-state index contributed by atoms with van der Waals surface area (Å²) in [6, 6.07) is 9.63. The Morgan fingerprint density at radius 3 is 2.60 bits per heavy atom. The molecule has 2 rings (SSSR count). The number of aryl methyl sites for hydroxylation is 1. The molecule has 1 atom stereocenters. The summed E-state index contributed by atoms with van der Waals surface area (Å²) in [4.78, 5) is 0. The maximum atomic E-state index is 6.34. The Morgan fingerprint density at radius 2 is 1.95 bits per heavy atom. The zero-order valence-corrected chi connectivity index (χ0v) is 13.3. The van der Waals surface area contributed by atoms with E-state index in [0.717, 1.165) is 36.5 Å². The molecule has 0 saturated carbocycles. The van der Waals surface area contributed by atoms with Crippen molar-refractivity contribution in [2.24, 2.45) is 0 Å². The first-order valence-corrected chi connectivity index (χ1v) is 7.68. The Kier molecular flexibility index (Phi) is 5.53. The average Bonchev–Trinajstić information content (AvgIpc) is 2.92. The second-order valence-electron chi connectivity index (χ2n) is 4.69. The molecule has 108 valence electrons. The molecule has 4 heteroatoms. The minimum Gasteiger partial charge on any atom is -0.464 e. The van der Waals surface area contributed by atoms with Gasteiger partial charge in [0, 0.05) is 6.42 Å². The summed E-state index contributed by atoms with van der Waals surface area (Å²) in [6.07, 6.45) is 1.92. The maximum Gasteiger partial charge on any atom is 0.125 e. The summed E-state index contributed by atoms with van der Waals surface area (Å²) >= 11 is 12.5. The van der Waals surface area contributed by atoms with Crippen LogP contribution in [0.25, 0.3) is 0 Å². The first-order valence-electron chi connectivity index (χ1n) is 6.93. The van der Waals surface area contributed by atoms with Gasteiger partial charge in [-0.25, -0.2) is 0 Å². The lowest BCUT2D eigenvalue weighted by molar-refractivity contribution is 0.422. The normalized spacial score (nSPS) is 12.6. The molecule has 1 aromatic heterocycles. The van der Waals surface area contributed by atoms with Crippen molar-refractivity contribution in [3.63, 3.8) is 0 Å². The summed E-state index contributed by atoms with van der Waals surface area (Å²) in [5.41, 5.74) is 0.949. The van der Waals surface area contributed by atoms with E-state index in [0.29, 0.717) is 10.0 Å². The maximum absolute atomic E-state index is 6.34. The van der Waals surface area contributed by atoms with Gasteiger partial charge in [-0.05, 0) is 36.7 Å². The van der Waals surface area contributed by atoms with Gasteiger partial charge in [0.2, 0.25) is 0 Å². The van der Waals surface area contributed by atoms with Crippen LogP contribution in [0.2, 0.25) is 10.0 Å². The molecular formula is C16H19Cl2NO. The zero-order chi connectivity index (χ0) is 14.5. The van der Waals surface area contributed by atoms with E-state index >= 15 is 0 Å². The molecule has 0 aliphatic heterocycles. The molecule has 0 amide bonds. The average molecular weight is 312 g/mol. The Hall–Kier alpha value is -0.960. The molecule has 1 aromatic carbocycles. The molecule has 0 aliphatic rings. The lowest BCUT2D eigenvalue weighted by atomic mass is 10.0. The third kappa shape index (κ3) is 3.38. The van der Waals surface area contributed by atoms with Gasteiger partial charge in [-0.2, -0.15) is 0 Å². The molecule has 0 fully saturated rings. The van der Waals surface area contributed by atoms with Crippen molar-refractivity contribution in [1.29, 1.82) is 0 Å². The van der Waals surface area contributed by atoms with Crippen LogP contribution in [0.1, 0.15) is 43.4 Å². The quantitative estimate of drug-likeness (QED) is 0.789. The third-order valence-corrected chi connectivity index (χ3v) is 4.04. The molecule has 2 aromatic rings. The van der Waals surface area contributed by atoms with Crippen molar-refractivity contribution in [2.75, 3.05) is 6.54 Å². The highest BCUT2D eigenvalue weighted by atomic mass is 35.5. The van der Waals surface area contributed by atoms with Crippen LogP contribution in [0, 0.1) is 0 Å². The van der Waals surface area contributed by atoms with Crippen LogP contribution in [-0.2, 0) is 6.42 Å². The van der Waals surface area contributed by atoms with Gasteiger partial charge in [-0.1, -0.05) is 49.2 Å². The highest BCUT2D eigenvalue weighted by molar-refractivity contribution is 6.42. The minimum absolute atomic E-state index is 0.0681. The molecule has 20 heavy (non-hydrogen) atoms. The van der Waals surface area contributed by atoms with E-state index in [1.165, 1.54) is 0 Å². The van der Waals surface area contributed by atoms with Crippen LogP contribution in [0.3, 0.4) is 0 Å². The van der Waals surface area contributed by atoms with Gasteiger partial charge in [0.15, 0.2) is 0 Å². The second-order valence-corrected chi connectivity index (χ2v) is 5.47. The van der Waals surface area contributed by atoms with E-state index in [1.54, 1.807) is 6.07 Å². The van der Waals surface area contributed by atoms with E-state index in [9.17, 15) is 0 Å². The summed E-state index contributed by atoms with van der Waals surface area (Å²) in [7, 11) is 0. The summed E-state index contributed by atoms with van der Waals surface area (Å²) in [5, 5.41) is 4.62. The summed E-state index contributed by atoms with van der Waals surface area (Å²) < 4.78 is 5.88. The Morgan fingerprint density at radius 1 is 1.15 bits per heavy atom. The fraction of sp³-hybridized carbons (Fsp3) is 0.375. The van der Waals surface area contributed by atoms with Crippen molar-refractivity contribution < 1.29 is 4.42 Å². The van der Waals surface area contributed by atoms with E-state index in [-0.39, 0.29) is 6.04 Å². The summed E-state index contributed by atoms with van der Waals surface area (Å²) in [6.45, 7) is 5.09. The third-order valence-electron chi connectivity index (χ3n) is 3.21. The van der Waals surface area contributed by atoms with Crippen LogP contribution in [0.5, 0.6) is 0 Å². The number of nitrogens with one attached hydrogen (secondary N) is 1. The highest BCUT2D eigenvalue weighted by Gasteiger charge is 2.20. The lowest BCUT2D eigenvalue weighted by Crippen LogP contribution is -2.23. The molecule has 0 aliphatic carbocycles. The Bertz CT molecular complexity index is 565. The lowest BCUT2D eigenvalue weighted by Gasteiger charge is -2.18. The van der Waals surface area contributed by atoms with Crippen LogP contribution in [0.4, 0.5) is 0 Å². The van der Waals surface area contributed by atoms with Crippen molar-refractivity contribution in [3.05, 3.63) is 57.5 Å². The predicted octanol–water partition coefficient (Wildman–Crippen LogP) is 5.24. The predicted molar refractivity (Wildman–Crippen MR) is 84.7 cm³/mol. The Labute approximate surface area is 130 Å². The van der Waals surface area contributed by atoms with Gasteiger partial charge < -0.3 is 9.73 Å². The topological polar surface area (TPSA) is 25.2 Å². The van der Waals surface area contributed by atoms with Gasteiger partial charge >= 0.3 is 0 Å². The fourth-order valence-corrected chi connectivity index (χ4v) is 2.55. The van der Waals surface area contributed by atoms with E-state index in [2.05, 4.69) is 19.2 Å². The molecule has 0 spiro atoms. The van der Waals surface area contributed by atoms with Gasteiger partial charge in [-0.3, -0.25) is 0 Å². The number of furan rings is 1. The minimum atomic E-state index is -0.0681. The number of benzene rings is 1. The number of rotatable bonds is 6. The highest BCUT2D eigenvalue weighted by Crippen LogP contribution is 2.33. The van der Waals surface area contributed by atoms with Crippen LogP contribution in [0.15, 0.2) is 34.7 Å². The molecule has 1 heterocycles. The van der Waals surface area contributed by atoms with Gasteiger partial charge in [0.25, 0.3) is 0 Å². The molecular weight excluding hydrogens is 293 g/mol. The van der Waals surface area contributed by atoms with Gasteiger partial charge in [0.05, 0.1) is 16.1 Å². The van der Waals surface area contributed by atoms with E-state index < -0.39 is 0 Å². The van der Waals surface area contributed by atoms with Crippen LogP contribution < -0.4 is 5.32 Å². The molecule has 1 N–H and O–H groups in total. The largest absolute Gasteiger partial charge is 0.464 e. The van der Waals surface area contributed by atoms with Gasteiger partial charge in [0.1, 0.15) is 11.5 Å². The van der Waals surface area contributed by atoms with Crippen molar-refractivity contribution in [3.8, 4) is 0 Å². The SMILES string of the molecule is CCCNC(c1ccc(CC)o1)c1cccc(Cl)c1Cl.